The predicted octanol–water partition coefficient (Wildman–Crippen LogP) is 1.78. The van der Waals surface area contributed by atoms with E-state index in [0.29, 0.717) is 6.54 Å². The number of aryl methyl sites for hydroxylation is 1. The highest BCUT2D eigenvalue weighted by atomic mass is 127. The molecule has 0 amide bonds. The van der Waals surface area contributed by atoms with Crippen LogP contribution in [0.15, 0.2) is 41.3 Å². The van der Waals surface area contributed by atoms with Crippen LogP contribution in [0.4, 0.5) is 0 Å². The Hall–Kier alpha value is -1.70. The Balaban J connectivity index is 2.08. The van der Waals surface area contributed by atoms with Gasteiger partial charge < -0.3 is 0 Å². The van der Waals surface area contributed by atoms with Gasteiger partial charge in [0.2, 0.25) is 0 Å². The van der Waals surface area contributed by atoms with Crippen molar-refractivity contribution in [2.24, 2.45) is 7.05 Å². The van der Waals surface area contributed by atoms with Crippen LogP contribution in [-0.2, 0) is 13.6 Å². The van der Waals surface area contributed by atoms with Gasteiger partial charge in [-0.05, 0) is 28.7 Å². The Morgan fingerprint density at radius 3 is 2.89 bits per heavy atom. The van der Waals surface area contributed by atoms with E-state index in [4.69, 9.17) is 0 Å². The van der Waals surface area contributed by atoms with Gasteiger partial charge in [0, 0.05) is 22.1 Å². The molecule has 0 atom stereocenters. The summed E-state index contributed by atoms with van der Waals surface area (Å²) in [7, 11) is 1.90. The van der Waals surface area contributed by atoms with Gasteiger partial charge in [-0.3, -0.25) is 9.48 Å². The van der Waals surface area contributed by atoms with Crippen LogP contribution < -0.4 is 5.56 Å². The molecule has 19 heavy (non-hydrogen) atoms. The average molecular weight is 366 g/mol. The molecule has 0 unspecified atom stereocenters. The van der Waals surface area contributed by atoms with Crippen molar-refractivity contribution in [2.75, 3.05) is 0 Å². The van der Waals surface area contributed by atoms with E-state index in [0.717, 1.165) is 20.2 Å². The van der Waals surface area contributed by atoms with Gasteiger partial charge in [-0.25, -0.2) is 4.68 Å². The lowest BCUT2D eigenvalue weighted by Gasteiger charge is -2.01. The Morgan fingerprint density at radius 2 is 2.11 bits per heavy atom. The molecule has 0 aliphatic heterocycles. The third kappa shape index (κ3) is 2.27. The first-order valence-electron chi connectivity index (χ1n) is 5.78. The Morgan fingerprint density at radius 1 is 1.32 bits per heavy atom. The molecular formula is C13H11IN4O. The van der Waals surface area contributed by atoms with E-state index in [1.54, 1.807) is 12.3 Å². The van der Waals surface area contributed by atoms with Gasteiger partial charge in [0.15, 0.2) is 0 Å². The Labute approximate surface area is 123 Å². The number of halogens is 1. The van der Waals surface area contributed by atoms with Crippen molar-refractivity contribution in [3.63, 3.8) is 0 Å². The van der Waals surface area contributed by atoms with Crippen LogP contribution >= 0.6 is 22.6 Å². The highest BCUT2D eigenvalue weighted by Gasteiger charge is 2.09. The summed E-state index contributed by atoms with van der Waals surface area (Å²) in [6.07, 6.45) is 1.67. The standard InChI is InChI=1S/C13H11IN4O/c1-17-12-5-3-2-4-10(12)11(16-17)8-18-13(19)6-9(14)7-15-18/h2-7H,8H2,1H3. The number of benzene rings is 1. The number of nitrogens with zero attached hydrogens (tertiary/aromatic N) is 4. The molecule has 1 aromatic carbocycles. The third-order valence-corrected chi connectivity index (χ3v) is 3.56. The van der Waals surface area contributed by atoms with E-state index in [1.165, 1.54) is 4.68 Å². The summed E-state index contributed by atoms with van der Waals surface area (Å²) in [6, 6.07) is 9.53. The first-order chi connectivity index (χ1) is 9.15. The summed E-state index contributed by atoms with van der Waals surface area (Å²) >= 11 is 2.08. The molecule has 0 N–H and O–H groups in total. The van der Waals surface area contributed by atoms with Crippen molar-refractivity contribution in [2.45, 2.75) is 6.54 Å². The van der Waals surface area contributed by atoms with Crippen LogP contribution in [0.1, 0.15) is 5.69 Å². The molecule has 0 aliphatic carbocycles. The Bertz CT molecular complexity index is 806. The highest BCUT2D eigenvalue weighted by molar-refractivity contribution is 14.1. The van der Waals surface area contributed by atoms with Crippen molar-refractivity contribution in [3.8, 4) is 0 Å². The fraction of sp³-hybridized carbons (Fsp3) is 0.154. The highest BCUT2D eigenvalue weighted by Crippen LogP contribution is 2.17. The van der Waals surface area contributed by atoms with E-state index in [1.807, 2.05) is 36.0 Å². The maximum atomic E-state index is 11.8. The molecule has 0 bridgehead atoms. The van der Waals surface area contributed by atoms with Gasteiger partial charge in [0.1, 0.15) is 0 Å². The summed E-state index contributed by atoms with van der Waals surface area (Å²) < 4.78 is 4.09. The summed E-state index contributed by atoms with van der Waals surface area (Å²) in [4.78, 5) is 11.8. The second kappa shape index (κ2) is 4.76. The lowest BCUT2D eigenvalue weighted by Crippen LogP contribution is -2.23. The smallest absolute Gasteiger partial charge is 0.268 e. The van der Waals surface area contributed by atoms with E-state index < -0.39 is 0 Å². The van der Waals surface area contributed by atoms with Gasteiger partial charge in [0.25, 0.3) is 5.56 Å². The van der Waals surface area contributed by atoms with Crippen LogP contribution in [0.5, 0.6) is 0 Å². The number of aromatic nitrogens is 4. The molecule has 0 saturated heterocycles. The van der Waals surface area contributed by atoms with Gasteiger partial charge >= 0.3 is 0 Å². The molecule has 0 fully saturated rings. The minimum Gasteiger partial charge on any atom is -0.268 e. The monoisotopic (exact) mass is 366 g/mol. The molecule has 0 radical (unpaired) electrons. The minimum atomic E-state index is -0.110. The van der Waals surface area contributed by atoms with Gasteiger partial charge in [-0.15, -0.1) is 0 Å². The number of hydrogen-bond donors (Lipinski definition) is 0. The number of rotatable bonds is 2. The largest absolute Gasteiger partial charge is 0.268 e. The lowest BCUT2D eigenvalue weighted by molar-refractivity contribution is 0.616. The summed E-state index contributed by atoms with van der Waals surface area (Å²) in [5.41, 5.74) is 1.80. The van der Waals surface area contributed by atoms with E-state index >= 15 is 0 Å². The molecule has 0 aliphatic rings. The first-order valence-corrected chi connectivity index (χ1v) is 6.86. The van der Waals surface area contributed by atoms with Crippen LogP contribution in [-0.4, -0.2) is 19.6 Å². The first kappa shape index (κ1) is 12.3. The fourth-order valence-corrected chi connectivity index (χ4v) is 2.47. The van der Waals surface area contributed by atoms with Crippen LogP contribution in [0.2, 0.25) is 0 Å². The SMILES string of the molecule is Cn1nc(Cn2ncc(I)cc2=O)c2ccccc21. The van der Waals surface area contributed by atoms with Crippen molar-refractivity contribution in [1.82, 2.24) is 19.6 Å². The maximum Gasteiger partial charge on any atom is 0.268 e. The number of fused-ring (bicyclic) bond motifs is 1. The quantitative estimate of drug-likeness (QED) is 0.650. The predicted molar refractivity (Wildman–Crippen MR) is 81.0 cm³/mol. The summed E-state index contributed by atoms with van der Waals surface area (Å²) in [5.74, 6) is 0. The van der Waals surface area contributed by atoms with Gasteiger partial charge in [0.05, 0.1) is 24.0 Å². The van der Waals surface area contributed by atoms with Crippen molar-refractivity contribution >= 4 is 33.5 Å². The fourth-order valence-electron chi connectivity index (χ4n) is 2.08. The Kier molecular flexibility index (Phi) is 3.09. The zero-order valence-electron chi connectivity index (χ0n) is 10.2. The normalized spacial score (nSPS) is 11.1. The molecule has 96 valence electrons. The van der Waals surface area contributed by atoms with Gasteiger partial charge in [-0.2, -0.15) is 10.2 Å². The zero-order valence-corrected chi connectivity index (χ0v) is 12.4. The average Bonchev–Trinajstić information content (AvgIpc) is 2.71. The topological polar surface area (TPSA) is 52.7 Å². The number of hydrogen-bond acceptors (Lipinski definition) is 3. The van der Waals surface area contributed by atoms with E-state index in [9.17, 15) is 4.79 Å². The van der Waals surface area contributed by atoms with Crippen LogP contribution in [0, 0.1) is 3.57 Å². The lowest BCUT2D eigenvalue weighted by atomic mass is 10.2. The molecular weight excluding hydrogens is 355 g/mol. The summed E-state index contributed by atoms with van der Waals surface area (Å²) in [5, 5.41) is 9.65. The van der Waals surface area contributed by atoms with Crippen LogP contribution in [0.25, 0.3) is 10.9 Å². The molecule has 2 heterocycles. The van der Waals surface area contributed by atoms with Gasteiger partial charge in [-0.1, -0.05) is 18.2 Å². The molecule has 5 nitrogen and oxygen atoms in total. The van der Waals surface area contributed by atoms with Crippen LogP contribution in [0.3, 0.4) is 0 Å². The molecule has 2 aromatic heterocycles. The van der Waals surface area contributed by atoms with Crippen molar-refractivity contribution < 1.29 is 0 Å². The van der Waals surface area contributed by atoms with E-state index in [-0.39, 0.29) is 5.56 Å². The second-order valence-corrected chi connectivity index (χ2v) is 5.50. The van der Waals surface area contributed by atoms with Crippen molar-refractivity contribution in [3.05, 3.63) is 56.1 Å². The molecule has 0 spiro atoms. The molecule has 3 aromatic rings. The molecule has 6 heteroatoms. The zero-order chi connectivity index (χ0) is 13.4. The molecule has 3 rings (SSSR count). The summed E-state index contributed by atoms with van der Waals surface area (Å²) in [6.45, 7) is 0.386. The third-order valence-electron chi connectivity index (χ3n) is 2.97. The minimum absolute atomic E-state index is 0.110. The second-order valence-electron chi connectivity index (χ2n) is 4.26. The number of para-hydroxylation sites is 1. The maximum absolute atomic E-state index is 11.8. The van der Waals surface area contributed by atoms with E-state index in [2.05, 4.69) is 32.8 Å². The van der Waals surface area contributed by atoms with Crippen molar-refractivity contribution in [1.29, 1.82) is 0 Å². The molecule has 0 saturated carbocycles.